The second kappa shape index (κ2) is 9.95. The SMILES string of the molecule is CCCNCC(Cc1cccc(C)c1)C(C)CCOC. The third-order valence-electron chi connectivity index (χ3n) is 4.00. The number of rotatable bonds is 10. The zero-order valence-corrected chi connectivity index (χ0v) is 13.6. The molecule has 1 N–H and O–H groups in total. The molecule has 0 bridgehead atoms. The molecule has 1 rings (SSSR count). The van der Waals surface area contributed by atoms with Crippen molar-refractivity contribution in [1.82, 2.24) is 5.32 Å². The van der Waals surface area contributed by atoms with Crippen molar-refractivity contribution < 1.29 is 4.74 Å². The van der Waals surface area contributed by atoms with Crippen molar-refractivity contribution in [2.45, 2.75) is 40.0 Å². The number of nitrogens with one attached hydrogen (secondary N) is 1. The van der Waals surface area contributed by atoms with Gasteiger partial charge >= 0.3 is 0 Å². The third kappa shape index (κ3) is 6.53. The molecule has 0 saturated heterocycles. The summed E-state index contributed by atoms with van der Waals surface area (Å²) in [7, 11) is 1.79. The van der Waals surface area contributed by atoms with Crippen molar-refractivity contribution in [3.05, 3.63) is 35.4 Å². The minimum Gasteiger partial charge on any atom is -0.385 e. The largest absolute Gasteiger partial charge is 0.385 e. The average molecular weight is 277 g/mol. The maximum Gasteiger partial charge on any atom is 0.0464 e. The molecule has 0 amide bonds. The van der Waals surface area contributed by atoms with Gasteiger partial charge in [-0.3, -0.25) is 0 Å². The molecule has 2 heteroatoms. The van der Waals surface area contributed by atoms with Crippen LogP contribution in [0.1, 0.15) is 37.8 Å². The van der Waals surface area contributed by atoms with Crippen LogP contribution in [0.5, 0.6) is 0 Å². The van der Waals surface area contributed by atoms with Crippen LogP contribution in [-0.4, -0.2) is 26.8 Å². The summed E-state index contributed by atoms with van der Waals surface area (Å²) in [4.78, 5) is 0. The summed E-state index contributed by atoms with van der Waals surface area (Å²) < 4.78 is 5.24. The summed E-state index contributed by atoms with van der Waals surface area (Å²) >= 11 is 0. The lowest BCUT2D eigenvalue weighted by Gasteiger charge is -2.24. The Morgan fingerprint density at radius 1 is 1.30 bits per heavy atom. The molecule has 0 aliphatic carbocycles. The fourth-order valence-corrected chi connectivity index (χ4v) is 2.62. The van der Waals surface area contributed by atoms with Gasteiger partial charge in [-0.1, -0.05) is 43.7 Å². The van der Waals surface area contributed by atoms with Crippen LogP contribution in [0.25, 0.3) is 0 Å². The molecular weight excluding hydrogens is 246 g/mol. The first kappa shape index (κ1) is 17.2. The molecule has 2 nitrogen and oxygen atoms in total. The van der Waals surface area contributed by atoms with Gasteiger partial charge in [-0.05, 0) is 56.7 Å². The molecule has 0 saturated carbocycles. The summed E-state index contributed by atoms with van der Waals surface area (Å²) in [6, 6.07) is 8.90. The highest BCUT2D eigenvalue weighted by atomic mass is 16.5. The van der Waals surface area contributed by atoms with E-state index in [1.807, 2.05) is 0 Å². The zero-order valence-electron chi connectivity index (χ0n) is 13.6. The maximum atomic E-state index is 5.24. The molecule has 0 spiro atoms. The van der Waals surface area contributed by atoms with Gasteiger partial charge in [0.05, 0.1) is 0 Å². The number of hydrogen-bond donors (Lipinski definition) is 1. The van der Waals surface area contributed by atoms with Gasteiger partial charge in [-0.2, -0.15) is 0 Å². The Morgan fingerprint density at radius 2 is 2.10 bits per heavy atom. The van der Waals surface area contributed by atoms with E-state index in [0.29, 0.717) is 11.8 Å². The number of aryl methyl sites for hydroxylation is 1. The number of benzene rings is 1. The van der Waals surface area contributed by atoms with Gasteiger partial charge < -0.3 is 10.1 Å². The molecule has 0 aliphatic heterocycles. The lowest BCUT2D eigenvalue weighted by molar-refractivity contribution is 0.164. The minimum atomic E-state index is 0.679. The Bertz CT molecular complexity index is 364. The third-order valence-corrected chi connectivity index (χ3v) is 4.00. The molecule has 114 valence electrons. The van der Waals surface area contributed by atoms with Crippen LogP contribution >= 0.6 is 0 Å². The molecular formula is C18H31NO. The van der Waals surface area contributed by atoms with Gasteiger partial charge in [0.25, 0.3) is 0 Å². The van der Waals surface area contributed by atoms with E-state index in [1.54, 1.807) is 7.11 Å². The van der Waals surface area contributed by atoms with Crippen molar-refractivity contribution >= 4 is 0 Å². The zero-order chi connectivity index (χ0) is 14.8. The fourth-order valence-electron chi connectivity index (χ4n) is 2.62. The number of methoxy groups -OCH3 is 1. The smallest absolute Gasteiger partial charge is 0.0464 e. The lowest BCUT2D eigenvalue weighted by atomic mass is 9.85. The van der Waals surface area contributed by atoms with Crippen LogP contribution in [0.4, 0.5) is 0 Å². The van der Waals surface area contributed by atoms with Gasteiger partial charge in [0.15, 0.2) is 0 Å². The molecule has 0 fully saturated rings. The van der Waals surface area contributed by atoms with Crippen LogP contribution in [0.15, 0.2) is 24.3 Å². The van der Waals surface area contributed by atoms with Crippen molar-refractivity contribution in [3.8, 4) is 0 Å². The van der Waals surface area contributed by atoms with Crippen molar-refractivity contribution in [1.29, 1.82) is 0 Å². The molecule has 0 aliphatic rings. The normalized spacial score (nSPS) is 14.2. The molecule has 0 aromatic heterocycles. The summed E-state index contributed by atoms with van der Waals surface area (Å²) in [6.45, 7) is 9.82. The van der Waals surface area contributed by atoms with Gasteiger partial charge in [0.2, 0.25) is 0 Å². The standard InChI is InChI=1S/C18H31NO/c1-5-10-19-14-18(16(3)9-11-20-4)13-17-8-6-7-15(2)12-17/h6-8,12,16,18-19H,5,9-11,13-14H2,1-4H3. The van der Waals surface area contributed by atoms with Crippen molar-refractivity contribution in [2.75, 3.05) is 26.8 Å². The first-order valence-corrected chi connectivity index (χ1v) is 7.92. The fraction of sp³-hybridized carbons (Fsp3) is 0.667. The lowest BCUT2D eigenvalue weighted by Crippen LogP contribution is -2.30. The molecule has 0 radical (unpaired) electrons. The number of ether oxygens (including phenoxy) is 1. The molecule has 1 aromatic carbocycles. The number of hydrogen-bond acceptors (Lipinski definition) is 2. The van der Waals surface area contributed by atoms with E-state index in [-0.39, 0.29) is 0 Å². The molecule has 1 aromatic rings. The van der Waals surface area contributed by atoms with E-state index in [2.05, 4.69) is 50.4 Å². The van der Waals surface area contributed by atoms with E-state index >= 15 is 0 Å². The van der Waals surface area contributed by atoms with E-state index in [9.17, 15) is 0 Å². The van der Waals surface area contributed by atoms with Crippen LogP contribution in [-0.2, 0) is 11.2 Å². The molecule has 0 heterocycles. The second-order valence-corrected chi connectivity index (χ2v) is 5.92. The van der Waals surface area contributed by atoms with Gasteiger partial charge in [0.1, 0.15) is 0 Å². The van der Waals surface area contributed by atoms with E-state index < -0.39 is 0 Å². The van der Waals surface area contributed by atoms with Crippen molar-refractivity contribution in [3.63, 3.8) is 0 Å². The first-order chi connectivity index (χ1) is 9.67. The maximum absolute atomic E-state index is 5.24. The van der Waals surface area contributed by atoms with Gasteiger partial charge in [0, 0.05) is 13.7 Å². The van der Waals surface area contributed by atoms with Gasteiger partial charge in [-0.15, -0.1) is 0 Å². The van der Waals surface area contributed by atoms with Crippen LogP contribution in [0, 0.1) is 18.8 Å². The summed E-state index contributed by atoms with van der Waals surface area (Å²) in [6.07, 6.45) is 3.49. The van der Waals surface area contributed by atoms with Crippen LogP contribution in [0.3, 0.4) is 0 Å². The van der Waals surface area contributed by atoms with Crippen LogP contribution in [0.2, 0.25) is 0 Å². The molecule has 20 heavy (non-hydrogen) atoms. The molecule has 2 unspecified atom stereocenters. The topological polar surface area (TPSA) is 21.3 Å². The van der Waals surface area contributed by atoms with E-state index in [1.165, 1.54) is 17.5 Å². The highest BCUT2D eigenvalue weighted by Crippen LogP contribution is 2.21. The van der Waals surface area contributed by atoms with E-state index in [0.717, 1.165) is 32.5 Å². The highest BCUT2D eigenvalue weighted by Gasteiger charge is 2.17. The Hall–Kier alpha value is -0.860. The molecule has 2 atom stereocenters. The predicted octanol–water partition coefficient (Wildman–Crippen LogP) is 3.83. The summed E-state index contributed by atoms with van der Waals surface area (Å²) in [5, 5.41) is 3.59. The van der Waals surface area contributed by atoms with Gasteiger partial charge in [-0.25, -0.2) is 0 Å². The quantitative estimate of drug-likeness (QED) is 0.656. The van der Waals surface area contributed by atoms with Crippen LogP contribution < -0.4 is 5.32 Å². The average Bonchev–Trinajstić information content (AvgIpc) is 2.44. The van der Waals surface area contributed by atoms with Crippen molar-refractivity contribution in [2.24, 2.45) is 11.8 Å². The highest BCUT2D eigenvalue weighted by molar-refractivity contribution is 5.22. The Labute approximate surface area is 124 Å². The Kier molecular flexibility index (Phi) is 8.56. The predicted molar refractivity (Wildman–Crippen MR) is 87.2 cm³/mol. The second-order valence-electron chi connectivity index (χ2n) is 5.92. The summed E-state index contributed by atoms with van der Waals surface area (Å²) in [5.74, 6) is 1.36. The minimum absolute atomic E-state index is 0.679. The van der Waals surface area contributed by atoms with E-state index in [4.69, 9.17) is 4.74 Å². The monoisotopic (exact) mass is 277 g/mol. The first-order valence-electron chi connectivity index (χ1n) is 7.92. The Morgan fingerprint density at radius 3 is 2.75 bits per heavy atom. The summed E-state index contributed by atoms with van der Waals surface area (Å²) in [5.41, 5.74) is 2.81. The Balaban J connectivity index is 2.60.